The molecular formula is C17H19F3N4OS2. The van der Waals surface area contributed by atoms with Gasteiger partial charge in [-0.05, 0) is 24.1 Å². The fraction of sp³-hybridized carbons (Fsp3) is 0.471. The van der Waals surface area contributed by atoms with Crippen LogP contribution >= 0.6 is 23.1 Å². The molecule has 0 saturated carbocycles. The molecule has 5 nitrogen and oxygen atoms in total. The lowest BCUT2D eigenvalue weighted by Crippen LogP contribution is -2.49. The van der Waals surface area contributed by atoms with Gasteiger partial charge in [-0.2, -0.15) is 13.2 Å². The second kappa shape index (κ2) is 8.57. The summed E-state index contributed by atoms with van der Waals surface area (Å²) in [6.45, 7) is 5.92. The van der Waals surface area contributed by atoms with Crippen molar-refractivity contribution in [2.45, 2.75) is 18.3 Å². The van der Waals surface area contributed by atoms with Crippen LogP contribution in [0, 0.1) is 0 Å². The molecule has 3 heterocycles. The average Bonchev–Trinajstić information content (AvgIpc) is 3.20. The van der Waals surface area contributed by atoms with Crippen LogP contribution in [0.1, 0.15) is 12.6 Å². The van der Waals surface area contributed by atoms with E-state index >= 15 is 0 Å². The maximum Gasteiger partial charge on any atom is 0.433 e. The molecule has 1 amide bonds. The van der Waals surface area contributed by atoms with Crippen LogP contribution in [-0.4, -0.2) is 64.2 Å². The van der Waals surface area contributed by atoms with E-state index in [9.17, 15) is 18.0 Å². The average molecular weight is 416 g/mol. The first kappa shape index (κ1) is 20.1. The van der Waals surface area contributed by atoms with Gasteiger partial charge in [0.1, 0.15) is 5.69 Å². The lowest BCUT2D eigenvalue weighted by Gasteiger charge is -2.34. The van der Waals surface area contributed by atoms with Crippen LogP contribution in [-0.2, 0) is 11.0 Å². The Kier molecular flexibility index (Phi) is 6.38. The van der Waals surface area contributed by atoms with Gasteiger partial charge >= 0.3 is 6.18 Å². The largest absolute Gasteiger partial charge is 0.433 e. The van der Waals surface area contributed by atoms with Gasteiger partial charge in [0.2, 0.25) is 5.91 Å². The first-order valence-electron chi connectivity index (χ1n) is 8.50. The summed E-state index contributed by atoms with van der Waals surface area (Å²) in [5.74, 6) is -0.0773. The van der Waals surface area contributed by atoms with Gasteiger partial charge in [-0.1, -0.05) is 24.8 Å². The van der Waals surface area contributed by atoms with Gasteiger partial charge in [0.15, 0.2) is 5.16 Å². The first-order valence-corrected chi connectivity index (χ1v) is 10.4. The highest BCUT2D eigenvalue weighted by molar-refractivity contribution is 7.99. The molecule has 0 spiro atoms. The Morgan fingerprint density at radius 1 is 1.26 bits per heavy atom. The molecule has 27 heavy (non-hydrogen) atoms. The summed E-state index contributed by atoms with van der Waals surface area (Å²) in [6.07, 6.45) is -4.56. The number of aromatic nitrogens is 2. The third-order valence-corrected chi connectivity index (χ3v) is 5.99. The fourth-order valence-corrected chi connectivity index (χ4v) is 4.16. The number of carbonyl (C=O) groups excluding carboxylic acids is 1. The van der Waals surface area contributed by atoms with Crippen LogP contribution < -0.4 is 0 Å². The number of hydrogen-bond acceptors (Lipinski definition) is 6. The van der Waals surface area contributed by atoms with E-state index in [4.69, 9.17) is 0 Å². The van der Waals surface area contributed by atoms with Crippen molar-refractivity contribution in [2.75, 3.05) is 38.5 Å². The minimum Gasteiger partial charge on any atom is -0.339 e. The molecule has 1 fully saturated rings. The van der Waals surface area contributed by atoms with E-state index in [0.29, 0.717) is 18.0 Å². The van der Waals surface area contributed by atoms with E-state index < -0.39 is 11.9 Å². The Morgan fingerprint density at radius 3 is 2.59 bits per heavy atom. The number of amides is 1. The van der Waals surface area contributed by atoms with Crippen molar-refractivity contribution in [3.63, 3.8) is 0 Å². The molecule has 2 aromatic heterocycles. The van der Waals surface area contributed by atoms with Crippen LogP contribution in [0.25, 0.3) is 10.6 Å². The minimum atomic E-state index is -4.56. The van der Waals surface area contributed by atoms with E-state index in [2.05, 4.69) is 21.8 Å². The van der Waals surface area contributed by atoms with Gasteiger partial charge in [0.25, 0.3) is 0 Å². The number of halogens is 3. The molecule has 3 rings (SSSR count). The Bertz CT molecular complexity index is 775. The van der Waals surface area contributed by atoms with Gasteiger partial charge in [0, 0.05) is 26.2 Å². The molecule has 0 radical (unpaired) electrons. The number of nitrogens with zero attached hydrogens (tertiary/aromatic N) is 4. The van der Waals surface area contributed by atoms with Gasteiger partial charge in [-0.25, -0.2) is 9.97 Å². The molecule has 0 unspecified atom stereocenters. The van der Waals surface area contributed by atoms with Crippen molar-refractivity contribution in [3.05, 3.63) is 29.3 Å². The number of alkyl halides is 3. The third-order valence-electron chi connectivity index (χ3n) is 4.27. The summed E-state index contributed by atoms with van der Waals surface area (Å²) < 4.78 is 39.5. The van der Waals surface area contributed by atoms with Crippen LogP contribution in [0.4, 0.5) is 13.2 Å². The highest BCUT2D eigenvalue weighted by atomic mass is 32.2. The Hall–Kier alpha value is -1.65. The van der Waals surface area contributed by atoms with Crippen LogP contribution in [0.15, 0.2) is 28.7 Å². The lowest BCUT2D eigenvalue weighted by atomic mass is 10.3. The summed E-state index contributed by atoms with van der Waals surface area (Å²) in [7, 11) is 0. The summed E-state index contributed by atoms with van der Waals surface area (Å²) in [4.78, 5) is 24.8. The van der Waals surface area contributed by atoms with E-state index in [1.54, 1.807) is 22.4 Å². The molecule has 146 valence electrons. The minimum absolute atomic E-state index is 0.0251. The molecule has 0 N–H and O–H groups in total. The second-order valence-electron chi connectivity index (χ2n) is 6.00. The molecule has 10 heteroatoms. The number of piperazine rings is 1. The molecule has 0 aromatic carbocycles. The fourth-order valence-electron chi connectivity index (χ4n) is 2.72. The number of carbonyl (C=O) groups is 1. The highest BCUT2D eigenvalue weighted by Crippen LogP contribution is 2.33. The van der Waals surface area contributed by atoms with Gasteiger partial charge in [-0.3, -0.25) is 4.79 Å². The second-order valence-corrected chi connectivity index (χ2v) is 7.89. The molecule has 1 aliphatic heterocycles. The Labute approximate surface area is 163 Å². The number of likely N-dealkylation sites (N-methyl/N-ethyl adjacent to an activating group) is 1. The number of hydrogen-bond donors (Lipinski definition) is 0. The quantitative estimate of drug-likeness (QED) is 0.552. The van der Waals surface area contributed by atoms with E-state index in [1.807, 2.05) is 0 Å². The van der Waals surface area contributed by atoms with Crippen LogP contribution in [0.2, 0.25) is 0 Å². The van der Waals surface area contributed by atoms with Crippen LogP contribution in [0.3, 0.4) is 0 Å². The number of rotatable bonds is 5. The predicted octanol–water partition coefficient (Wildman–Crippen LogP) is 3.48. The molecule has 1 aliphatic rings. The standard InChI is InChI=1S/C17H19F3N4OS2/c1-2-23-5-7-24(8-6-23)15(25)11-27-16-21-12(13-4-3-9-26-13)10-14(22-16)17(18,19)20/h3-4,9-10H,2,5-8,11H2,1H3. The van der Waals surface area contributed by atoms with Gasteiger partial charge < -0.3 is 9.80 Å². The predicted molar refractivity (Wildman–Crippen MR) is 99.8 cm³/mol. The number of thiophene rings is 1. The van der Waals surface area contributed by atoms with Crippen molar-refractivity contribution in [1.29, 1.82) is 0 Å². The monoisotopic (exact) mass is 416 g/mol. The SMILES string of the molecule is CCN1CCN(C(=O)CSc2nc(-c3cccs3)cc(C(F)(F)F)n2)CC1. The molecular weight excluding hydrogens is 397 g/mol. The smallest absolute Gasteiger partial charge is 0.339 e. The van der Waals surface area contributed by atoms with Gasteiger partial charge in [-0.15, -0.1) is 11.3 Å². The first-order chi connectivity index (χ1) is 12.9. The Morgan fingerprint density at radius 2 is 2.00 bits per heavy atom. The van der Waals surface area contributed by atoms with Crippen molar-refractivity contribution in [2.24, 2.45) is 0 Å². The lowest BCUT2D eigenvalue weighted by molar-refractivity contribution is -0.141. The molecule has 1 saturated heterocycles. The third kappa shape index (κ3) is 5.20. The zero-order valence-corrected chi connectivity index (χ0v) is 16.3. The van der Waals surface area contributed by atoms with Crippen molar-refractivity contribution >= 4 is 29.0 Å². The number of thioether (sulfide) groups is 1. The van der Waals surface area contributed by atoms with Crippen LogP contribution in [0.5, 0.6) is 0 Å². The normalized spacial score (nSPS) is 15.9. The van der Waals surface area contributed by atoms with Crippen molar-refractivity contribution in [3.8, 4) is 10.6 Å². The molecule has 0 bridgehead atoms. The Balaban J connectivity index is 1.70. The topological polar surface area (TPSA) is 49.3 Å². The summed E-state index contributed by atoms with van der Waals surface area (Å²) in [5, 5.41) is 1.74. The summed E-state index contributed by atoms with van der Waals surface area (Å²) in [6, 6.07) is 4.41. The van der Waals surface area contributed by atoms with Gasteiger partial charge in [0.05, 0.1) is 16.3 Å². The highest BCUT2D eigenvalue weighted by Gasteiger charge is 2.34. The van der Waals surface area contributed by atoms with E-state index in [-0.39, 0.29) is 22.5 Å². The van der Waals surface area contributed by atoms with E-state index in [0.717, 1.165) is 37.5 Å². The zero-order valence-electron chi connectivity index (χ0n) is 14.7. The van der Waals surface area contributed by atoms with Crippen molar-refractivity contribution in [1.82, 2.24) is 19.8 Å². The maximum absolute atomic E-state index is 13.2. The molecule has 0 atom stereocenters. The summed E-state index contributed by atoms with van der Waals surface area (Å²) >= 11 is 2.25. The molecule has 0 aliphatic carbocycles. The maximum atomic E-state index is 13.2. The molecule has 2 aromatic rings. The zero-order chi connectivity index (χ0) is 19.4. The summed E-state index contributed by atoms with van der Waals surface area (Å²) in [5.41, 5.74) is -0.772. The van der Waals surface area contributed by atoms with Crippen molar-refractivity contribution < 1.29 is 18.0 Å². The van der Waals surface area contributed by atoms with E-state index in [1.165, 1.54) is 11.3 Å².